The highest BCUT2D eigenvalue weighted by Gasteiger charge is 2.23. The molecule has 0 radical (unpaired) electrons. The van der Waals surface area contributed by atoms with E-state index in [1.54, 1.807) is 0 Å². The van der Waals surface area contributed by atoms with Gasteiger partial charge in [-0.1, -0.05) is 0 Å². The maximum atomic E-state index is 12.2. The molecule has 1 atom stereocenters. The van der Waals surface area contributed by atoms with Crippen LogP contribution in [0, 0.1) is 6.92 Å². The molecule has 0 aliphatic carbocycles. The van der Waals surface area contributed by atoms with Crippen LogP contribution in [0.5, 0.6) is 5.75 Å². The van der Waals surface area contributed by atoms with E-state index in [1.807, 2.05) is 24.0 Å². The summed E-state index contributed by atoms with van der Waals surface area (Å²) in [6.45, 7) is 5.05. The number of amides is 1. The number of nitrogens with zero attached hydrogens (tertiary/aromatic N) is 1. The number of likely N-dealkylation sites (tertiary alicyclic amines) is 1. The van der Waals surface area contributed by atoms with Crippen LogP contribution in [0.25, 0.3) is 0 Å². The van der Waals surface area contributed by atoms with Crippen molar-refractivity contribution in [2.75, 3.05) is 13.2 Å². The molecule has 1 aromatic carbocycles. The lowest BCUT2D eigenvalue weighted by Gasteiger charge is -2.33. The number of benzene rings is 1. The fourth-order valence-electron chi connectivity index (χ4n) is 2.51. The van der Waals surface area contributed by atoms with Gasteiger partial charge >= 0.3 is 0 Å². The van der Waals surface area contributed by atoms with Crippen molar-refractivity contribution in [3.8, 4) is 5.75 Å². The van der Waals surface area contributed by atoms with Crippen LogP contribution in [0.1, 0.15) is 31.7 Å². The topological polar surface area (TPSA) is 29.5 Å². The Balaban J connectivity index is 2.00. The highest BCUT2D eigenvalue weighted by atomic mass is 79.9. The number of hydrogen-bond acceptors (Lipinski definition) is 2. The lowest BCUT2D eigenvalue weighted by molar-refractivity contribution is -0.136. The largest absolute Gasteiger partial charge is 0.481 e. The highest BCUT2D eigenvalue weighted by Crippen LogP contribution is 2.34. The molecule has 1 aliphatic heterocycles. The van der Waals surface area contributed by atoms with Crippen LogP contribution in [0.3, 0.4) is 0 Å². The Hall–Kier alpha value is -0.550. The van der Waals surface area contributed by atoms with Gasteiger partial charge in [0.1, 0.15) is 5.75 Å². The molecule has 0 bridgehead atoms. The Morgan fingerprint density at radius 3 is 2.60 bits per heavy atom. The number of halogens is 2. The van der Waals surface area contributed by atoms with Gasteiger partial charge in [-0.2, -0.15) is 0 Å². The van der Waals surface area contributed by atoms with Gasteiger partial charge in [0.2, 0.25) is 0 Å². The lowest BCUT2D eigenvalue weighted by Crippen LogP contribution is -2.44. The number of carbonyl (C=O) groups is 1. The van der Waals surface area contributed by atoms with Gasteiger partial charge in [-0.15, -0.1) is 0 Å². The predicted octanol–water partition coefficient (Wildman–Crippen LogP) is 4.30. The average molecular weight is 405 g/mol. The van der Waals surface area contributed by atoms with E-state index in [4.69, 9.17) is 4.74 Å². The molecule has 1 fully saturated rings. The van der Waals surface area contributed by atoms with Gasteiger partial charge < -0.3 is 9.64 Å². The summed E-state index contributed by atoms with van der Waals surface area (Å²) in [6.07, 6.45) is 3.39. The fraction of sp³-hybridized carbons (Fsp3) is 0.533. The minimum absolute atomic E-state index is 0.0663. The van der Waals surface area contributed by atoms with Crippen molar-refractivity contribution in [2.45, 2.75) is 39.2 Å². The van der Waals surface area contributed by atoms with Crippen LogP contribution < -0.4 is 4.74 Å². The van der Waals surface area contributed by atoms with E-state index in [1.165, 1.54) is 6.42 Å². The Morgan fingerprint density at radius 1 is 1.35 bits per heavy atom. The van der Waals surface area contributed by atoms with Crippen molar-refractivity contribution in [2.24, 2.45) is 0 Å². The Bertz CT molecular complexity index is 482. The van der Waals surface area contributed by atoms with Gasteiger partial charge in [0.25, 0.3) is 5.91 Å². The van der Waals surface area contributed by atoms with E-state index in [9.17, 15) is 4.79 Å². The van der Waals surface area contributed by atoms with Gasteiger partial charge in [-0.3, -0.25) is 4.79 Å². The molecular formula is C15H19Br2NO2. The molecule has 1 aromatic rings. The summed E-state index contributed by atoms with van der Waals surface area (Å²) in [6, 6.07) is 4.28. The third kappa shape index (κ3) is 3.76. The van der Waals surface area contributed by atoms with Gasteiger partial charge in [-0.25, -0.2) is 0 Å². The Morgan fingerprint density at radius 2 is 2.00 bits per heavy atom. The lowest BCUT2D eigenvalue weighted by atomic mass is 10.0. The van der Waals surface area contributed by atoms with Crippen molar-refractivity contribution in [3.63, 3.8) is 0 Å². The van der Waals surface area contributed by atoms with Crippen molar-refractivity contribution in [3.05, 3.63) is 26.6 Å². The second-order valence-corrected chi connectivity index (χ2v) is 6.99. The van der Waals surface area contributed by atoms with Crippen molar-refractivity contribution >= 4 is 37.8 Å². The molecule has 0 spiro atoms. The zero-order valence-electron chi connectivity index (χ0n) is 11.8. The van der Waals surface area contributed by atoms with Gasteiger partial charge in [-0.05, 0) is 82.7 Å². The molecule has 1 aliphatic rings. The molecule has 2 rings (SSSR count). The van der Waals surface area contributed by atoms with Crippen LogP contribution in [0.2, 0.25) is 0 Å². The summed E-state index contributed by atoms with van der Waals surface area (Å²) in [5.41, 5.74) is 1.13. The molecule has 1 amide bonds. The quantitative estimate of drug-likeness (QED) is 0.751. The highest BCUT2D eigenvalue weighted by molar-refractivity contribution is 9.11. The summed E-state index contributed by atoms with van der Waals surface area (Å²) < 4.78 is 7.43. The standard InChI is InChI=1S/C15H19Br2NO2/c1-10-7-12(16)15(13(17)8-10)20-9-14(19)18-6-4-3-5-11(18)2/h7-8,11H,3-6,9H2,1-2H3/t11-/m0/s1. The van der Waals surface area contributed by atoms with Gasteiger partial charge in [0.15, 0.2) is 6.61 Å². The van der Waals surface area contributed by atoms with Crippen LogP contribution in [-0.2, 0) is 4.79 Å². The number of hydrogen-bond donors (Lipinski definition) is 0. The first-order valence-corrected chi connectivity index (χ1v) is 8.45. The summed E-state index contributed by atoms with van der Waals surface area (Å²) >= 11 is 6.95. The third-order valence-electron chi connectivity index (χ3n) is 3.61. The number of rotatable bonds is 3. The molecule has 1 saturated heterocycles. The second kappa shape index (κ2) is 6.94. The molecule has 0 saturated carbocycles. The maximum absolute atomic E-state index is 12.2. The number of aryl methyl sites for hydroxylation is 1. The normalized spacial score (nSPS) is 19.0. The molecule has 5 heteroatoms. The predicted molar refractivity (Wildman–Crippen MR) is 87.1 cm³/mol. The summed E-state index contributed by atoms with van der Waals surface area (Å²) in [5, 5.41) is 0. The molecule has 1 heterocycles. The summed E-state index contributed by atoms with van der Waals surface area (Å²) in [5.74, 6) is 0.755. The number of ether oxygens (including phenoxy) is 1. The van der Waals surface area contributed by atoms with E-state index in [-0.39, 0.29) is 12.5 Å². The van der Waals surface area contributed by atoms with E-state index in [0.29, 0.717) is 11.8 Å². The first-order valence-electron chi connectivity index (χ1n) is 6.87. The smallest absolute Gasteiger partial charge is 0.260 e. The summed E-state index contributed by atoms with van der Waals surface area (Å²) in [7, 11) is 0. The van der Waals surface area contributed by atoms with Crippen LogP contribution in [0.15, 0.2) is 21.1 Å². The Kier molecular flexibility index (Phi) is 5.49. The molecular weight excluding hydrogens is 386 g/mol. The van der Waals surface area contributed by atoms with Crippen LogP contribution >= 0.6 is 31.9 Å². The maximum Gasteiger partial charge on any atom is 0.260 e. The molecule has 20 heavy (non-hydrogen) atoms. The monoisotopic (exact) mass is 403 g/mol. The van der Waals surface area contributed by atoms with E-state index < -0.39 is 0 Å². The molecule has 3 nitrogen and oxygen atoms in total. The zero-order chi connectivity index (χ0) is 14.7. The molecule has 0 aromatic heterocycles. The molecule has 0 unspecified atom stereocenters. The Labute approximate surface area is 136 Å². The number of carbonyl (C=O) groups excluding carboxylic acids is 1. The van der Waals surface area contributed by atoms with Crippen LogP contribution in [-0.4, -0.2) is 30.0 Å². The fourth-order valence-corrected chi connectivity index (χ4v) is 4.15. The second-order valence-electron chi connectivity index (χ2n) is 5.28. The van der Waals surface area contributed by atoms with Gasteiger partial charge in [0, 0.05) is 12.6 Å². The first-order chi connectivity index (χ1) is 9.49. The van der Waals surface area contributed by atoms with Crippen LogP contribution in [0.4, 0.5) is 0 Å². The van der Waals surface area contributed by atoms with Crippen molar-refractivity contribution in [1.82, 2.24) is 4.90 Å². The van der Waals surface area contributed by atoms with E-state index >= 15 is 0 Å². The van der Waals surface area contributed by atoms with E-state index in [2.05, 4.69) is 38.8 Å². The van der Waals surface area contributed by atoms with Crippen molar-refractivity contribution < 1.29 is 9.53 Å². The SMILES string of the molecule is Cc1cc(Br)c(OCC(=O)N2CCCC[C@@H]2C)c(Br)c1. The summed E-state index contributed by atoms with van der Waals surface area (Å²) in [4.78, 5) is 14.2. The third-order valence-corrected chi connectivity index (χ3v) is 4.78. The van der Waals surface area contributed by atoms with Crippen molar-refractivity contribution in [1.29, 1.82) is 0 Å². The van der Waals surface area contributed by atoms with E-state index in [0.717, 1.165) is 33.9 Å². The molecule has 110 valence electrons. The minimum atomic E-state index is 0.0663. The minimum Gasteiger partial charge on any atom is -0.481 e. The zero-order valence-corrected chi connectivity index (χ0v) is 15.0. The first kappa shape index (κ1) is 15.8. The average Bonchev–Trinajstić information content (AvgIpc) is 2.37. The van der Waals surface area contributed by atoms with Gasteiger partial charge in [0.05, 0.1) is 8.95 Å². The number of piperidine rings is 1. The molecule has 0 N–H and O–H groups in total.